The molecule has 0 saturated carbocycles. The maximum absolute atomic E-state index is 12.7. The van der Waals surface area contributed by atoms with Gasteiger partial charge < -0.3 is 25.5 Å². The summed E-state index contributed by atoms with van der Waals surface area (Å²) in [4.78, 5) is 25.3. The van der Waals surface area contributed by atoms with Crippen LogP contribution in [0.1, 0.15) is 54.0 Å². The van der Waals surface area contributed by atoms with Gasteiger partial charge in [0.05, 0.1) is 28.7 Å². The number of imide groups is 1. The highest BCUT2D eigenvalue weighted by Crippen LogP contribution is 2.34. The fourth-order valence-corrected chi connectivity index (χ4v) is 3.69. The van der Waals surface area contributed by atoms with E-state index in [1.165, 1.54) is 0 Å². The molecule has 1 heterocycles. The second-order valence-corrected chi connectivity index (χ2v) is 9.76. The Morgan fingerprint density at radius 1 is 0.966 bits per heavy atom. The Morgan fingerprint density at radius 2 is 1.52 bits per heavy atom. The van der Waals surface area contributed by atoms with Crippen LogP contribution in [0.15, 0.2) is 18.2 Å². The molecule has 29 heavy (non-hydrogen) atoms. The summed E-state index contributed by atoms with van der Waals surface area (Å²) in [6.45, 7) is 5.84. The number of aliphatic hydroxyl groups is 5. The first-order chi connectivity index (χ1) is 13.2. The predicted octanol–water partition coefficient (Wildman–Crippen LogP) is -0.0469. The van der Waals surface area contributed by atoms with E-state index in [0.717, 1.165) is 4.90 Å². The van der Waals surface area contributed by atoms with E-state index in [1.807, 2.05) is 0 Å². The number of rotatable bonds is 8. The van der Waals surface area contributed by atoms with E-state index in [2.05, 4.69) is 12.6 Å². The minimum absolute atomic E-state index is 0.214. The fourth-order valence-electron chi connectivity index (χ4n) is 3.51. The summed E-state index contributed by atoms with van der Waals surface area (Å²) >= 11 is 4.32. The monoisotopic (exact) mass is 427 g/mol. The number of amides is 2. The molecule has 1 aliphatic heterocycles. The van der Waals surface area contributed by atoms with E-state index < -0.39 is 53.1 Å². The molecule has 0 fully saturated rings. The largest absolute Gasteiger partial charge is 0.394 e. The molecule has 0 saturated heterocycles. The van der Waals surface area contributed by atoms with E-state index in [4.69, 9.17) is 5.11 Å². The van der Waals surface area contributed by atoms with Crippen molar-refractivity contribution >= 4 is 24.4 Å². The summed E-state index contributed by atoms with van der Waals surface area (Å²) in [6, 6.07) is 4.79. The van der Waals surface area contributed by atoms with Crippen LogP contribution in [0, 0.1) is 5.41 Å². The van der Waals surface area contributed by atoms with Crippen molar-refractivity contribution in [2.75, 3.05) is 6.61 Å². The molecule has 2 amide bonds. The van der Waals surface area contributed by atoms with Gasteiger partial charge in [0.1, 0.15) is 18.3 Å². The van der Waals surface area contributed by atoms with Crippen molar-refractivity contribution in [3.63, 3.8) is 0 Å². The van der Waals surface area contributed by atoms with Gasteiger partial charge in [0, 0.05) is 0 Å². The standard InChI is InChI=1S/C20H29NO7S/c1-19(2,16(26)15(25)14(24)13(23)9-22)8-10-5-6-11-12(7-10)18(28)21(17(11)27)20(3,4)29/h5-7,13-16,22-26,29H,8-9H2,1-4H3/t13-,14-,15+,16-/m1/s1. The van der Waals surface area contributed by atoms with Crippen LogP contribution in [-0.4, -0.2) is 78.1 Å². The Kier molecular flexibility index (Phi) is 6.83. The molecule has 2 rings (SSSR count). The Morgan fingerprint density at radius 3 is 2.03 bits per heavy atom. The quantitative estimate of drug-likeness (QED) is 0.253. The van der Waals surface area contributed by atoms with E-state index in [0.29, 0.717) is 5.56 Å². The minimum Gasteiger partial charge on any atom is -0.394 e. The van der Waals surface area contributed by atoms with Gasteiger partial charge in [-0.25, -0.2) is 0 Å². The summed E-state index contributed by atoms with van der Waals surface area (Å²) in [6.07, 6.45) is -6.22. The lowest BCUT2D eigenvalue weighted by Gasteiger charge is -2.36. The lowest BCUT2D eigenvalue weighted by Crippen LogP contribution is -2.51. The van der Waals surface area contributed by atoms with Crippen LogP contribution >= 0.6 is 12.6 Å². The first-order valence-corrected chi connectivity index (χ1v) is 9.74. The van der Waals surface area contributed by atoms with Crippen LogP contribution in [0.3, 0.4) is 0 Å². The third kappa shape index (κ3) is 4.65. The Labute approximate surface area is 175 Å². The average Bonchev–Trinajstić information content (AvgIpc) is 2.88. The summed E-state index contributed by atoms with van der Waals surface area (Å²) in [5.74, 6) is -0.876. The van der Waals surface area contributed by atoms with Gasteiger partial charge >= 0.3 is 0 Å². The van der Waals surface area contributed by atoms with Crippen molar-refractivity contribution < 1.29 is 35.1 Å². The number of carbonyl (C=O) groups excluding carboxylic acids is 2. The van der Waals surface area contributed by atoms with Gasteiger partial charge in [-0.05, 0) is 43.4 Å². The highest BCUT2D eigenvalue weighted by Gasteiger charge is 2.43. The van der Waals surface area contributed by atoms with Crippen molar-refractivity contribution in [2.24, 2.45) is 5.41 Å². The van der Waals surface area contributed by atoms with Crippen LogP contribution in [0.2, 0.25) is 0 Å². The first kappa shape index (κ1) is 23.8. The molecule has 0 radical (unpaired) electrons. The molecule has 9 heteroatoms. The van der Waals surface area contributed by atoms with Crippen molar-refractivity contribution in [3.05, 3.63) is 34.9 Å². The first-order valence-electron chi connectivity index (χ1n) is 9.29. The van der Waals surface area contributed by atoms with Gasteiger partial charge in [0.2, 0.25) is 0 Å². The van der Waals surface area contributed by atoms with Crippen molar-refractivity contribution in [1.82, 2.24) is 4.90 Å². The molecule has 8 nitrogen and oxygen atoms in total. The zero-order valence-corrected chi connectivity index (χ0v) is 17.8. The van der Waals surface area contributed by atoms with Crippen molar-refractivity contribution in [1.29, 1.82) is 0 Å². The van der Waals surface area contributed by atoms with Gasteiger partial charge in [-0.15, -0.1) is 0 Å². The number of aliphatic hydroxyl groups excluding tert-OH is 5. The summed E-state index contributed by atoms with van der Waals surface area (Å²) in [5, 5.41) is 49.0. The Hall–Kier alpha value is -1.49. The fraction of sp³-hybridized carbons (Fsp3) is 0.600. The van der Waals surface area contributed by atoms with Crippen LogP contribution in [0.5, 0.6) is 0 Å². The number of hydrogen-bond donors (Lipinski definition) is 6. The van der Waals surface area contributed by atoms with Gasteiger partial charge in [0.25, 0.3) is 11.8 Å². The molecule has 0 spiro atoms. The Balaban J connectivity index is 2.25. The van der Waals surface area contributed by atoms with Gasteiger partial charge in [0.15, 0.2) is 0 Å². The molecule has 0 bridgehead atoms. The molecule has 1 aromatic carbocycles. The number of thiol groups is 1. The van der Waals surface area contributed by atoms with Crippen LogP contribution in [-0.2, 0) is 6.42 Å². The van der Waals surface area contributed by atoms with Crippen LogP contribution in [0.4, 0.5) is 0 Å². The van der Waals surface area contributed by atoms with E-state index in [9.17, 15) is 30.0 Å². The summed E-state index contributed by atoms with van der Waals surface area (Å²) in [5.41, 5.74) is 0.215. The number of nitrogens with zero attached hydrogens (tertiary/aromatic N) is 1. The van der Waals surface area contributed by atoms with E-state index >= 15 is 0 Å². The van der Waals surface area contributed by atoms with Gasteiger partial charge in [-0.2, -0.15) is 12.6 Å². The highest BCUT2D eigenvalue weighted by molar-refractivity contribution is 7.81. The molecule has 0 aliphatic carbocycles. The molecule has 5 N–H and O–H groups in total. The third-order valence-electron chi connectivity index (χ3n) is 5.21. The molecule has 0 unspecified atom stereocenters. The molecule has 1 aromatic rings. The number of carbonyl (C=O) groups is 2. The maximum atomic E-state index is 12.7. The smallest absolute Gasteiger partial charge is 0.262 e. The second-order valence-electron chi connectivity index (χ2n) is 8.66. The van der Waals surface area contributed by atoms with E-state index in [-0.39, 0.29) is 17.5 Å². The predicted molar refractivity (Wildman–Crippen MR) is 109 cm³/mol. The average molecular weight is 428 g/mol. The van der Waals surface area contributed by atoms with Gasteiger partial charge in [-0.1, -0.05) is 19.9 Å². The zero-order chi connectivity index (χ0) is 22.3. The van der Waals surface area contributed by atoms with Crippen LogP contribution in [0.25, 0.3) is 0 Å². The normalized spacial score (nSPS) is 19.2. The second kappa shape index (κ2) is 8.33. The summed E-state index contributed by atoms with van der Waals surface area (Å²) < 4.78 is 0. The number of hydrogen-bond acceptors (Lipinski definition) is 8. The molecule has 0 aromatic heterocycles. The third-order valence-corrected chi connectivity index (χ3v) is 5.41. The maximum Gasteiger partial charge on any atom is 0.262 e. The van der Waals surface area contributed by atoms with Crippen LogP contribution < -0.4 is 0 Å². The number of fused-ring (bicyclic) bond motifs is 1. The SMILES string of the molecule is CC(C)(Cc1ccc2c(c1)C(=O)N(C(C)(C)S)C2=O)[C@H](O)[C@@H](O)[C@H](O)[C@H](O)CO. The minimum atomic E-state index is -1.72. The Bertz CT molecular complexity index is 790. The number of benzene rings is 1. The molecular formula is C20H29NO7S. The van der Waals surface area contributed by atoms with E-state index in [1.54, 1.807) is 45.9 Å². The lowest BCUT2D eigenvalue weighted by atomic mass is 9.76. The van der Waals surface area contributed by atoms with Crippen molar-refractivity contribution in [3.8, 4) is 0 Å². The molecule has 1 aliphatic rings. The van der Waals surface area contributed by atoms with Gasteiger partial charge in [-0.3, -0.25) is 14.5 Å². The zero-order valence-electron chi connectivity index (χ0n) is 16.9. The van der Waals surface area contributed by atoms with Crippen molar-refractivity contribution in [2.45, 2.75) is 63.4 Å². The molecular weight excluding hydrogens is 398 g/mol. The lowest BCUT2D eigenvalue weighted by molar-refractivity contribution is -0.140. The molecule has 162 valence electrons. The topological polar surface area (TPSA) is 139 Å². The molecule has 4 atom stereocenters. The summed E-state index contributed by atoms with van der Waals surface area (Å²) in [7, 11) is 0. The highest BCUT2D eigenvalue weighted by atomic mass is 32.1.